The first-order chi connectivity index (χ1) is 11.4. The predicted octanol–water partition coefficient (Wildman–Crippen LogP) is 0.188. The number of nitrogens with one attached hydrogen (secondary N) is 3. The van der Waals surface area contributed by atoms with Crippen molar-refractivity contribution in [3.63, 3.8) is 0 Å². The molecule has 0 unspecified atom stereocenters. The number of hydrogen-bond donors (Lipinski definition) is 3. The number of carbonyl (C=O) groups excluding carboxylic acids is 1. The van der Waals surface area contributed by atoms with E-state index in [-0.39, 0.29) is 17.4 Å². The Morgan fingerprint density at radius 2 is 1.92 bits per heavy atom. The minimum Gasteiger partial charge on any atom is -0.356 e. The van der Waals surface area contributed by atoms with Crippen LogP contribution < -0.4 is 16.0 Å². The van der Waals surface area contributed by atoms with Crippen LogP contribution in [0.25, 0.3) is 0 Å². The predicted molar refractivity (Wildman–Crippen MR) is 97.2 cm³/mol. The van der Waals surface area contributed by atoms with Crippen molar-refractivity contribution in [2.24, 2.45) is 4.99 Å². The van der Waals surface area contributed by atoms with E-state index in [1.165, 1.54) is 0 Å². The Morgan fingerprint density at radius 1 is 1.21 bits per heavy atom. The van der Waals surface area contributed by atoms with Crippen molar-refractivity contribution in [1.29, 1.82) is 0 Å². The summed E-state index contributed by atoms with van der Waals surface area (Å²) in [5.41, 5.74) is 1.66. The fourth-order valence-corrected chi connectivity index (χ4v) is 2.73. The molecular formula is C16H26N4O3S. The normalized spacial score (nSPS) is 11.9. The Bertz CT molecular complexity index is 672. The number of rotatable bonds is 8. The number of guanidine groups is 1. The molecule has 134 valence electrons. The van der Waals surface area contributed by atoms with E-state index in [0.717, 1.165) is 12.0 Å². The number of nitrogens with zero attached hydrogens (tertiary/aromatic N) is 1. The SMILES string of the molecule is CCS(=O)(=O)CCNC(=NC)NCCc1cccc(C(=O)NC)c1. The maximum absolute atomic E-state index is 11.6. The van der Waals surface area contributed by atoms with E-state index in [4.69, 9.17) is 0 Å². The molecule has 1 amide bonds. The summed E-state index contributed by atoms with van der Waals surface area (Å²) in [5.74, 6) is 0.670. The zero-order valence-corrected chi connectivity index (χ0v) is 15.2. The van der Waals surface area contributed by atoms with Gasteiger partial charge in [0.1, 0.15) is 0 Å². The third-order valence-corrected chi connectivity index (χ3v) is 5.20. The van der Waals surface area contributed by atoms with E-state index in [1.54, 1.807) is 27.1 Å². The summed E-state index contributed by atoms with van der Waals surface area (Å²) in [7, 11) is 0.251. The molecule has 0 spiro atoms. The van der Waals surface area contributed by atoms with E-state index in [1.807, 2.05) is 18.2 Å². The van der Waals surface area contributed by atoms with E-state index in [0.29, 0.717) is 24.6 Å². The number of sulfone groups is 1. The van der Waals surface area contributed by atoms with Crippen LogP contribution in [0.4, 0.5) is 0 Å². The number of carbonyl (C=O) groups is 1. The first-order valence-corrected chi connectivity index (χ1v) is 9.70. The first-order valence-electron chi connectivity index (χ1n) is 7.87. The summed E-state index contributed by atoms with van der Waals surface area (Å²) in [6.45, 7) is 2.58. The minimum atomic E-state index is -2.99. The van der Waals surface area contributed by atoms with Crippen molar-refractivity contribution in [2.75, 3.05) is 38.7 Å². The lowest BCUT2D eigenvalue weighted by Gasteiger charge is -2.12. The molecule has 0 saturated carbocycles. The van der Waals surface area contributed by atoms with Gasteiger partial charge in [-0.2, -0.15) is 0 Å². The average Bonchev–Trinajstić information content (AvgIpc) is 2.59. The van der Waals surface area contributed by atoms with Gasteiger partial charge >= 0.3 is 0 Å². The molecule has 0 heterocycles. The van der Waals surface area contributed by atoms with Crippen LogP contribution in [0.5, 0.6) is 0 Å². The fraction of sp³-hybridized carbons (Fsp3) is 0.500. The Balaban J connectivity index is 2.43. The molecule has 1 aromatic carbocycles. The van der Waals surface area contributed by atoms with E-state index < -0.39 is 9.84 Å². The minimum absolute atomic E-state index is 0.0817. The summed E-state index contributed by atoms with van der Waals surface area (Å²) in [4.78, 5) is 15.7. The van der Waals surface area contributed by atoms with Crippen molar-refractivity contribution < 1.29 is 13.2 Å². The van der Waals surface area contributed by atoms with Gasteiger partial charge in [-0.15, -0.1) is 0 Å². The van der Waals surface area contributed by atoms with Crippen molar-refractivity contribution in [1.82, 2.24) is 16.0 Å². The van der Waals surface area contributed by atoms with Crippen molar-refractivity contribution >= 4 is 21.7 Å². The van der Waals surface area contributed by atoms with Crippen LogP contribution in [0.15, 0.2) is 29.3 Å². The summed E-state index contributed by atoms with van der Waals surface area (Å²) in [6, 6.07) is 7.43. The van der Waals surface area contributed by atoms with E-state index in [9.17, 15) is 13.2 Å². The van der Waals surface area contributed by atoms with E-state index in [2.05, 4.69) is 20.9 Å². The highest BCUT2D eigenvalue weighted by molar-refractivity contribution is 7.91. The molecule has 0 bridgehead atoms. The Labute approximate surface area is 143 Å². The topological polar surface area (TPSA) is 99.7 Å². The lowest BCUT2D eigenvalue weighted by molar-refractivity contribution is 0.0963. The highest BCUT2D eigenvalue weighted by Gasteiger charge is 2.07. The lowest BCUT2D eigenvalue weighted by atomic mass is 10.1. The molecule has 0 radical (unpaired) electrons. The maximum Gasteiger partial charge on any atom is 0.251 e. The highest BCUT2D eigenvalue weighted by Crippen LogP contribution is 2.05. The quantitative estimate of drug-likeness (QED) is 0.457. The first kappa shape index (κ1) is 20.0. The monoisotopic (exact) mass is 354 g/mol. The smallest absolute Gasteiger partial charge is 0.251 e. The van der Waals surface area contributed by atoms with Crippen LogP contribution in [0.2, 0.25) is 0 Å². The molecule has 0 atom stereocenters. The van der Waals surface area contributed by atoms with Crippen LogP contribution in [-0.4, -0.2) is 59.0 Å². The zero-order valence-electron chi connectivity index (χ0n) is 14.4. The van der Waals surface area contributed by atoms with Crippen LogP contribution in [0, 0.1) is 0 Å². The number of amides is 1. The molecule has 0 aliphatic carbocycles. The Kier molecular flexibility index (Phi) is 8.25. The highest BCUT2D eigenvalue weighted by atomic mass is 32.2. The molecule has 8 heteroatoms. The van der Waals surface area contributed by atoms with Crippen LogP contribution >= 0.6 is 0 Å². The summed E-state index contributed by atoms with van der Waals surface area (Å²) < 4.78 is 22.9. The molecule has 1 rings (SSSR count). The van der Waals surface area contributed by atoms with E-state index >= 15 is 0 Å². The second kappa shape index (κ2) is 9.92. The van der Waals surface area contributed by atoms with Gasteiger partial charge in [0, 0.05) is 38.5 Å². The van der Waals surface area contributed by atoms with Gasteiger partial charge in [0.15, 0.2) is 15.8 Å². The third-order valence-electron chi connectivity index (χ3n) is 3.49. The molecule has 7 nitrogen and oxygen atoms in total. The second-order valence-corrected chi connectivity index (χ2v) is 7.66. The zero-order chi connectivity index (χ0) is 18.0. The van der Waals surface area contributed by atoms with Crippen molar-refractivity contribution in [3.05, 3.63) is 35.4 Å². The summed E-state index contributed by atoms with van der Waals surface area (Å²) >= 11 is 0. The Hall–Kier alpha value is -2.09. The van der Waals surface area contributed by atoms with Gasteiger partial charge in [-0.05, 0) is 24.1 Å². The molecule has 0 saturated heterocycles. The number of hydrogen-bond acceptors (Lipinski definition) is 4. The van der Waals surface area contributed by atoms with Gasteiger partial charge in [0.05, 0.1) is 5.75 Å². The molecule has 0 aliphatic rings. The lowest BCUT2D eigenvalue weighted by Crippen LogP contribution is -2.40. The largest absolute Gasteiger partial charge is 0.356 e. The molecule has 0 aliphatic heterocycles. The molecular weight excluding hydrogens is 328 g/mol. The van der Waals surface area contributed by atoms with Gasteiger partial charge < -0.3 is 16.0 Å². The second-order valence-electron chi connectivity index (χ2n) is 5.19. The number of benzene rings is 1. The molecule has 0 aromatic heterocycles. The standard InChI is InChI=1S/C16H26N4O3S/c1-4-24(22,23)11-10-20-16(18-3)19-9-8-13-6-5-7-14(12-13)15(21)17-2/h5-7,12H,4,8-11H2,1-3H3,(H,17,21)(H2,18,19,20). The van der Waals surface area contributed by atoms with Crippen LogP contribution in [0.1, 0.15) is 22.8 Å². The van der Waals surface area contributed by atoms with Gasteiger partial charge in [0.25, 0.3) is 5.91 Å². The van der Waals surface area contributed by atoms with Crippen LogP contribution in [0.3, 0.4) is 0 Å². The van der Waals surface area contributed by atoms with Gasteiger partial charge in [-0.3, -0.25) is 9.79 Å². The molecule has 1 aromatic rings. The molecule has 24 heavy (non-hydrogen) atoms. The van der Waals surface area contributed by atoms with Crippen LogP contribution in [-0.2, 0) is 16.3 Å². The van der Waals surface area contributed by atoms with Gasteiger partial charge in [0.2, 0.25) is 0 Å². The maximum atomic E-state index is 11.6. The third kappa shape index (κ3) is 6.99. The number of aliphatic imine (C=N–C) groups is 1. The molecule has 3 N–H and O–H groups in total. The van der Waals surface area contributed by atoms with Crippen molar-refractivity contribution in [2.45, 2.75) is 13.3 Å². The fourth-order valence-electron chi connectivity index (χ4n) is 2.03. The summed E-state index contributed by atoms with van der Waals surface area (Å²) in [5, 5.41) is 8.71. The van der Waals surface area contributed by atoms with Gasteiger partial charge in [-0.25, -0.2) is 8.42 Å². The van der Waals surface area contributed by atoms with Gasteiger partial charge in [-0.1, -0.05) is 19.1 Å². The molecule has 0 fully saturated rings. The van der Waals surface area contributed by atoms with Crippen molar-refractivity contribution in [3.8, 4) is 0 Å². The average molecular weight is 354 g/mol. The summed E-state index contributed by atoms with van der Waals surface area (Å²) in [6.07, 6.45) is 0.721. The Morgan fingerprint density at radius 3 is 2.54 bits per heavy atom.